The average molecular weight is 323 g/mol. The maximum atomic E-state index is 13.1. The highest BCUT2D eigenvalue weighted by Crippen LogP contribution is 2.19. The average Bonchev–Trinajstić information content (AvgIpc) is 2.51. The largest absolute Gasteiger partial charge is 0.352 e. The van der Waals surface area contributed by atoms with Crippen LogP contribution in [0.5, 0.6) is 0 Å². The molecule has 0 bridgehead atoms. The normalized spacial score (nSPS) is 11.8. The van der Waals surface area contributed by atoms with Crippen LogP contribution < -0.4 is 10.6 Å². The molecule has 7 heteroatoms. The molecule has 2 N–H and O–H groups in total. The van der Waals surface area contributed by atoms with Crippen LogP contribution in [-0.4, -0.2) is 21.9 Å². The zero-order chi connectivity index (χ0) is 16.1. The number of aromatic nitrogens is 2. The first-order valence-corrected chi connectivity index (χ1v) is 7.22. The van der Waals surface area contributed by atoms with Gasteiger partial charge in [0.2, 0.25) is 5.95 Å². The second kappa shape index (κ2) is 7.17. The number of nitrogens with zero attached hydrogens (tertiary/aromatic N) is 2. The molecule has 0 aliphatic heterocycles. The maximum absolute atomic E-state index is 13.1. The molecule has 22 heavy (non-hydrogen) atoms. The van der Waals surface area contributed by atoms with Gasteiger partial charge in [-0.25, -0.2) is 14.4 Å². The summed E-state index contributed by atoms with van der Waals surface area (Å²) in [6.45, 7) is 4.07. The Labute approximate surface area is 132 Å². The number of rotatable bonds is 5. The third-order valence-corrected chi connectivity index (χ3v) is 3.37. The number of hydrogen-bond acceptors (Lipinski definition) is 4. The van der Waals surface area contributed by atoms with E-state index in [1.807, 2.05) is 13.8 Å². The van der Waals surface area contributed by atoms with Gasteiger partial charge in [-0.3, -0.25) is 4.79 Å². The monoisotopic (exact) mass is 322 g/mol. The quantitative estimate of drug-likeness (QED) is 0.880. The van der Waals surface area contributed by atoms with Crippen molar-refractivity contribution in [2.75, 3.05) is 10.6 Å². The summed E-state index contributed by atoms with van der Waals surface area (Å²) >= 11 is 5.67. The van der Waals surface area contributed by atoms with Gasteiger partial charge in [0.05, 0.1) is 10.6 Å². The molecule has 1 unspecified atom stereocenters. The van der Waals surface area contributed by atoms with E-state index in [1.165, 1.54) is 30.6 Å². The highest BCUT2D eigenvalue weighted by Gasteiger charge is 2.10. The molecule has 0 saturated heterocycles. The van der Waals surface area contributed by atoms with Gasteiger partial charge in [-0.1, -0.05) is 18.5 Å². The molecule has 0 aliphatic rings. The fourth-order valence-electron chi connectivity index (χ4n) is 1.62. The Kier molecular flexibility index (Phi) is 5.27. The third kappa shape index (κ3) is 4.14. The number of benzene rings is 1. The molecule has 0 fully saturated rings. The van der Waals surface area contributed by atoms with E-state index in [4.69, 9.17) is 11.6 Å². The first kappa shape index (κ1) is 16.2. The molecule has 1 atom stereocenters. The first-order chi connectivity index (χ1) is 10.5. The Morgan fingerprint density at radius 3 is 2.64 bits per heavy atom. The van der Waals surface area contributed by atoms with Gasteiger partial charge in [-0.15, -0.1) is 0 Å². The van der Waals surface area contributed by atoms with Crippen LogP contribution in [0.4, 0.5) is 16.0 Å². The van der Waals surface area contributed by atoms with Crippen molar-refractivity contribution in [3.05, 3.63) is 47.0 Å². The molecule has 1 amide bonds. The number of nitrogens with one attached hydrogen (secondary N) is 2. The predicted octanol–water partition coefficient (Wildman–Crippen LogP) is 3.73. The Morgan fingerprint density at radius 1 is 1.36 bits per heavy atom. The SMILES string of the molecule is CCC(C)Nc1ncc(C(=O)Nc2ccc(F)c(Cl)c2)cn1. The van der Waals surface area contributed by atoms with E-state index in [0.717, 1.165) is 6.42 Å². The van der Waals surface area contributed by atoms with Crippen LogP contribution in [-0.2, 0) is 0 Å². The van der Waals surface area contributed by atoms with Gasteiger partial charge < -0.3 is 10.6 Å². The molecule has 0 radical (unpaired) electrons. The molecule has 1 aromatic heterocycles. The van der Waals surface area contributed by atoms with E-state index in [1.54, 1.807) is 0 Å². The number of halogens is 2. The topological polar surface area (TPSA) is 66.9 Å². The number of amides is 1. The molecule has 0 aliphatic carbocycles. The van der Waals surface area contributed by atoms with E-state index in [-0.39, 0.29) is 11.1 Å². The molecule has 116 valence electrons. The smallest absolute Gasteiger partial charge is 0.258 e. The van der Waals surface area contributed by atoms with Gasteiger partial charge in [0, 0.05) is 24.1 Å². The van der Waals surface area contributed by atoms with Crippen molar-refractivity contribution in [1.82, 2.24) is 9.97 Å². The number of carbonyl (C=O) groups excluding carboxylic acids is 1. The molecule has 0 saturated carbocycles. The maximum Gasteiger partial charge on any atom is 0.258 e. The van der Waals surface area contributed by atoms with Gasteiger partial charge in [-0.2, -0.15) is 0 Å². The fourth-order valence-corrected chi connectivity index (χ4v) is 1.80. The molecule has 1 heterocycles. The second-order valence-corrected chi connectivity index (χ2v) is 5.24. The summed E-state index contributed by atoms with van der Waals surface area (Å²) in [6.07, 6.45) is 3.80. The molecule has 2 aromatic rings. The summed E-state index contributed by atoms with van der Waals surface area (Å²) in [7, 11) is 0. The predicted molar refractivity (Wildman–Crippen MR) is 84.8 cm³/mol. The van der Waals surface area contributed by atoms with E-state index in [0.29, 0.717) is 17.2 Å². The van der Waals surface area contributed by atoms with Crippen LogP contribution in [0.3, 0.4) is 0 Å². The van der Waals surface area contributed by atoms with E-state index in [9.17, 15) is 9.18 Å². The minimum absolute atomic E-state index is 0.0536. The van der Waals surface area contributed by atoms with Crippen LogP contribution in [0.15, 0.2) is 30.6 Å². The van der Waals surface area contributed by atoms with Crippen molar-refractivity contribution >= 4 is 29.1 Å². The van der Waals surface area contributed by atoms with Crippen molar-refractivity contribution < 1.29 is 9.18 Å². The summed E-state index contributed by atoms with van der Waals surface area (Å²) < 4.78 is 13.1. The van der Waals surface area contributed by atoms with Crippen LogP contribution in [0.25, 0.3) is 0 Å². The lowest BCUT2D eigenvalue weighted by molar-refractivity contribution is 0.102. The van der Waals surface area contributed by atoms with Crippen molar-refractivity contribution in [1.29, 1.82) is 0 Å². The van der Waals surface area contributed by atoms with Gasteiger partial charge in [-0.05, 0) is 31.5 Å². The van der Waals surface area contributed by atoms with Crippen LogP contribution >= 0.6 is 11.6 Å². The zero-order valence-corrected chi connectivity index (χ0v) is 13.0. The molecule has 0 spiro atoms. The van der Waals surface area contributed by atoms with Crippen molar-refractivity contribution in [3.63, 3.8) is 0 Å². The minimum atomic E-state index is -0.538. The van der Waals surface area contributed by atoms with Gasteiger partial charge >= 0.3 is 0 Å². The first-order valence-electron chi connectivity index (χ1n) is 6.84. The highest BCUT2D eigenvalue weighted by atomic mass is 35.5. The van der Waals surface area contributed by atoms with Crippen LogP contribution in [0, 0.1) is 5.82 Å². The minimum Gasteiger partial charge on any atom is -0.352 e. The zero-order valence-electron chi connectivity index (χ0n) is 12.2. The Balaban J connectivity index is 2.04. The van der Waals surface area contributed by atoms with Gasteiger partial charge in [0.1, 0.15) is 5.82 Å². The summed E-state index contributed by atoms with van der Waals surface area (Å²) in [5.74, 6) is -0.461. The van der Waals surface area contributed by atoms with E-state index >= 15 is 0 Å². The lowest BCUT2D eigenvalue weighted by Crippen LogP contribution is -2.17. The van der Waals surface area contributed by atoms with E-state index < -0.39 is 11.7 Å². The molecular formula is C15H16ClFN4O. The number of carbonyl (C=O) groups is 1. The van der Waals surface area contributed by atoms with Crippen molar-refractivity contribution in [2.45, 2.75) is 26.3 Å². The summed E-state index contributed by atoms with van der Waals surface area (Å²) in [5.41, 5.74) is 0.702. The lowest BCUT2D eigenvalue weighted by Gasteiger charge is -2.11. The van der Waals surface area contributed by atoms with Crippen molar-refractivity contribution in [2.24, 2.45) is 0 Å². The van der Waals surface area contributed by atoms with Gasteiger partial charge in [0.15, 0.2) is 0 Å². The Morgan fingerprint density at radius 2 is 2.05 bits per heavy atom. The molecule has 5 nitrogen and oxygen atoms in total. The third-order valence-electron chi connectivity index (χ3n) is 3.08. The van der Waals surface area contributed by atoms with Gasteiger partial charge in [0.25, 0.3) is 5.91 Å². The summed E-state index contributed by atoms with van der Waals surface area (Å²) in [6, 6.07) is 4.21. The molecule has 2 rings (SSSR count). The second-order valence-electron chi connectivity index (χ2n) is 4.83. The number of hydrogen-bond donors (Lipinski definition) is 2. The van der Waals surface area contributed by atoms with E-state index in [2.05, 4.69) is 20.6 Å². The van der Waals surface area contributed by atoms with Crippen LogP contribution in [0.1, 0.15) is 30.6 Å². The lowest BCUT2D eigenvalue weighted by atomic mass is 10.2. The molecular weight excluding hydrogens is 307 g/mol. The highest BCUT2D eigenvalue weighted by molar-refractivity contribution is 6.31. The number of anilines is 2. The molecule has 1 aromatic carbocycles. The fraction of sp³-hybridized carbons (Fsp3) is 0.267. The van der Waals surface area contributed by atoms with Crippen LogP contribution in [0.2, 0.25) is 5.02 Å². The van der Waals surface area contributed by atoms with Crippen molar-refractivity contribution in [3.8, 4) is 0 Å². The standard InChI is InChI=1S/C15H16ClFN4O/c1-3-9(2)20-15-18-7-10(8-19-15)14(22)21-11-4-5-13(17)12(16)6-11/h4-9H,3H2,1-2H3,(H,21,22)(H,18,19,20). The summed E-state index contributed by atoms with van der Waals surface area (Å²) in [4.78, 5) is 20.2. The summed E-state index contributed by atoms with van der Waals surface area (Å²) in [5, 5.41) is 5.66. The Bertz CT molecular complexity index is 663. The Hall–Kier alpha value is -2.21.